The third-order valence-electron chi connectivity index (χ3n) is 5.08. The molecule has 2 aromatic carbocycles. The van der Waals surface area contributed by atoms with Crippen molar-refractivity contribution >= 4 is 43.8 Å². The van der Waals surface area contributed by atoms with Gasteiger partial charge in [-0.2, -0.15) is 9.41 Å². The van der Waals surface area contributed by atoms with Gasteiger partial charge in [-0.3, -0.25) is 9.59 Å². The normalized spacial score (nSPS) is 12.1. The largest absolute Gasteiger partial charge is 0.459 e. The summed E-state index contributed by atoms with van der Waals surface area (Å²) < 4.78 is 58.9. The van der Waals surface area contributed by atoms with Crippen LogP contribution in [0.25, 0.3) is 0 Å². The van der Waals surface area contributed by atoms with Gasteiger partial charge < -0.3 is 9.73 Å². The van der Waals surface area contributed by atoms with Crippen LogP contribution in [0.3, 0.4) is 0 Å². The van der Waals surface area contributed by atoms with Gasteiger partial charge in [0.2, 0.25) is 26.0 Å². The van der Waals surface area contributed by atoms with Gasteiger partial charge in [-0.05, 0) is 55.5 Å². The fraction of sp³-hybridized carbons (Fsp3) is 0.208. The summed E-state index contributed by atoms with van der Waals surface area (Å²) >= 11 is 0. The van der Waals surface area contributed by atoms with Crippen molar-refractivity contribution in [2.24, 2.45) is 5.10 Å². The SMILES string of the molecule is CC(=O)Nc1ccc(S(=O)(=O)N(C)CC(=O)N/N=C\c2ccc(CNS(=O)(=O)c3ccc(C)cc3)o2)cc1. The van der Waals surface area contributed by atoms with Crippen molar-refractivity contribution in [3.63, 3.8) is 0 Å². The van der Waals surface area contributed by atoms with Crippen LogP contribution in [0.15, 0.2) is 80.0 Å². The number of amides is 2. The van der Waals surface area contributed by atoms with Crippen LogP contribution in [0.2, 0.25) is 0 Å². The van der Waals surface area contributed by atoms with E-state index in [2.05, 4.69) is 20.6 Å². The smallest absolute Gasteiger partial charge is 0.255 e. The van der Waals surface area contributed by atoms with Gasteiger partial charge in [0.1, 0.15) is 11.5 Å². The van der Waals surface area contributed by atoms with Crippen molar-refractivity contribution in [3.8, 4) is 0 Å². The molecule has 1 aromatic heterocycles. The van der Waals surface area contributed by atoms with Gasteiger partial charge in [-0.15, -0.1) is 0 Å². The van der Waals surface area contributed by atoms with E-state index < -0.39 is 32.5 Å². The van der Waals surface area contributed by atoms with E-state index in [0.717, 1.165) is 9.87 Å². The first-order valence-corrected chi connectivity index (χ1v) is 14.1. The molecule has 0 saturated heterocycles. The van der Waals surface area contributed by atoms with Gasteiger partial charge in [0.25, 0.3) is 5.91 Å². The first-order chi connectivity index (χ1) is 17.9. The van der Waals surface area contributed by atoms with Gasteiger partial charge in [0.15, 0.2) is 0 Å². The first-order valence-electron chi connectivity index (χ1n) is 11.2. The molecule has 3 N–H and O–H groups in total. The standard InChI is InChI=1S/C24H27N5O7S2/c1-17-4-10-22(11-5-17)37(32,33)26-15-21-9-8-20(36-21)14-25-28-24(31)16-29(3)38(34,35)23-12-6-19(7-13-23)27-18(2)30/h4-14,26H,15-16H2,1-3H3,(H,27,30)(H,28,31)/b25-14-. The van der Waals surface area contributed by atoms with Crippen molar-refractivity contribution in [2.75, 3.05) is 18.9 Å². The molecule has 202 valence electrons. The zero-order valence-electron chi connectivity index (χ0n) is 20.8. The summed E-state index contributed by atoms with van der Waals surface area (Å²) in [5.41, 5.74) is 3.59. The molecule has 14 heteroatoms. The topological polar surface area (TPSA) is 167 Å². The summed E-state index contributed by atoms with van der Waals surface area (Å²) in [7, 11) is -6.43. The minimum Gasteiger partial charge on any atom is -0.459 e. The number of aryl methyl sites for hydroxylation is 1. The maximum Gasteiger partial charge on any atom is 0.255 e. The number of nitrogens with zero attached hydrogens (tertiary/aromatic N) is 2. The third kappa shape index (κ3) is 7.82. The van der Waals surface area contributed by atoms with E-state index in [1.54, 1.807) is 18.2 Å². The van der Waals surface area contributed by atoms with E-state index in [4.69, 9.17) is 4.42 Å². The lowest BCUT2D eigenvalue weighted by Crippen LogP contribution is -2.36. The van der Waals surface area contributed by atoms with Gasteiger partial charge in [0, 0.05) is 19.7 Å². The minimum atomic E-state index is -3.96. The molecule has 3 aromatic rings. The second kappa shape index (κ2) is 12.1. The van der Waals surface area contributed by atoms with E-state index in [-0.39, 0.29) is 28.0 Å². The second-order valence-corrected chi connectivity index (χ2v) is 12.0. The van der Waals surface area contributed by atoms with Crippen LogP contribution in [-0.4, -0.2) is 52.8 Å². The number of hydrogen-bond donors (Lipinski definition) is 3. The highest BCUT2D eigenvalue weighted by Crippen LogP contribution is 2.17. The maximum absolute atomic E-state index is 12.7. The zero-order valence-corrected chi connectivity index (χ0v) is 22.5. The van der Waals surface area contributed by atoms with E-state index in [1.165, 1.54) is 62.7 Å². The summed E-state index contributed by atoms with van der Waals surface area (Å²) in [6, 6.07) is 15.0. The summed E-state index contributed by atoms with van der Waals surface area (Å²) in [4.78, 5) is 23.4. The Bertz CT molecular complexity index is 1530. The molecule has 0 saturated carbocycles. The Morgan fingerprint density at radius 1 is 0.947 bits per heavy atom. The molecule has 0 fully saturated rings. The van der Waals surface area contributed by atoms with Crippen LogP contribution in [0, 0.1) is 6.92 Å². The number of nitrogens with one attached hydrogen (secondary N) is 3. The number of benzene rings is 2. The van der Waals surface area contributed by atoms with Gasteiger partial charge in [0.05, 0.1) is 29.1 Å². The number of hydrazone groups is 1. The fourth-order valence-corrected chi connectivity index (χ4v) is 5.23. The molecule has 0 aliphatic rings. The van der Waals surface area contributed by atoms with E-state index in [1.807, 2.05) is 6.92 Å². The van der Waals surface area contributed by atoms with Crippen LogP contribution in [-0.2, 0) is 36.2 Å². The van der Waals surface area contributed by atoms with E-state index in [0.29, 0.717) is 11.4 Å². The molecule has 0 aliphatic carbocycles. The number of likely N-dealkylation sites (N-methyl/N-ethyl adjacent to an activating group) is 1. The van der Waals surface area contributed by atoms with E-state index in [9.17, 15) is 26.4 Å². The van der Waals surface area contributed by atoms with Gasteiger partial charge in [-0.25, -0.2) is 27.0 Å². The Kier molecular flexibility index (Phi) is 9.17. The molecule has 0 spiro atoms. The fourth-order valence-electron chi connectivity index (χ4n) is 3.11. The Morgan fingerprint density at radius 3 is 2.21 bits per heavy atom. The minimum absolute atomic E-state index is 0.0495. The van der Waals surface area contributed by atoms with Crippen molar-refractivity contribution < 1.29 is 30.8 Å². The lowest BCUT2D eigenvalue weighted by molar-refractivity contribution is -0.121. The predicted molar refractivity (Wildman–Crippen MR) is 140 cm³/mol. The van der Waals surface area contributed by atoms with Crippen molar-refractivity contribution in [1.29, 1.82) is 0 Å². The molecule has 0 radical (unpaired) electrons. The molecular formula is C24H27N5O7S2. The maximum atomic E-state index is 12.7. The van der Waals surface area contributed by atoms with Crippen LogP contribution in [0.1, 0.15) is 24.0 Å². The number of carbonyl (C=O) groups excluding carboxylic acids is 2. The highest BCUT2D eigenvalue weighted by atomic mass is 32.2. The van der Waals surface area contributed by atoms with Crippen LogP contribution in [0.4, 0.5) is 5.69 Å². The first kappa shape index (κ1) is 28.7. The van der Waals surface area contributed by atoms with E-state index >= 15 is 0 Å². The Labute approximate surface area is 220 Å². The van der Waals surface area contributed by atoms with Gasteiger partial charge in [-0.1, -0.05) is 17.7 Å². The highest BCUT2D eigenvalue weighted by Gasteiger charge is 2.23. The van der Waals surface area contributed by atoms with Crippen LogP contribution < -0.4 is 15.5 Å². The Morgan fingerprint density at radius 2 is 1.58 bits per heavy atom. The highest BCUT2D eigenvalue weighted by molar-refractivity contribution is 7.89. The predicted octanol–water partition coefficient (Wildman–Crippen LogP) is 1.80. The molecule has 0 aliphatic heterocycles. The number of carbonyl (C=O) groups is 2. The number of hydrogen-bond acceptors (Lipinski definition) is 8. The number of rotatable bonds is 11. The Balaban J connectivity index is 1.51. The molecule has 12 nitrogen and oxygen atoms in total. The molecular weight excluding hydrogens is 534 g/mol. The monoisotopic (exact) mass is 561 g/mol. The quantitative estimate of drug-likeness (QED) is 0.237. The van der Waals surface area contributed by atoms with Gasteiger partial charge >= 0.3 is 0 Å². The second-order valence-electron chi connectivity index (χ2n) is 8.20. The molecule has 3 rings (SSSR count). The summed E-state index contributed by atoms with van der Waals surface area (Å²) in [6.45, 7) is 2.60. The number of furan rings is 1. The van der Waals surface area contributed by atoms with Crippen molar-refractivity contribution in [3.05, 3.63) is 77.7 Å². The summed E-state index contributed by atoms with van der Waals surface area (Å²) in [5.74, 6) is -0.415. The molecule has 0 unspecified atom stereocenters. The molecule has 1 heterocycles. The third-order valence-corrected chi connectivity index (χ3v) is 8.32. The summed E-state index contributed by atoms with van der Waals surface area (Å²) in [5, 5.41) is 6.29. The average molecular weight is 562 g/mol. The summed E-state index contributed by atoms with van der Waals surface area (Å²) in [6.07, 6.45) is 1.20. The lowest BCUT2D eigenvalue weighted by Gasteiger charge is -2.16. The lowest BCUT2D eigenvalue weighted by atomic mass is 10.2. The van der Waals surface area contributed by atoms with Crippen molar-refractivity contribution in [2.45, 2.75) is 30.2 Å². The number of sulfonamides is 2. The molecule has 0 atom stereocenters. The molecule has 0 bridgehead atoms. The van der Waals surface area contributed by atoms with Crippen LogP contribution in [0.5, 0.6) is 0 Å². The van der Waals surface area contributed by atoms with Crippen molar-refractivity contribution in [1.82, 2.24) is 14.5 Å². The average Bonchev–Trinajstić information content (AvgIpc) is 3.31. The van der Waals surface area contributed by atoms with Crippen LogP contribution >= 0.6 is 0 Å². The molecule has 2 amide bonds. The molecule has 38 heavy (non-hydrogen) atoms. The zero-order chi connectivity index (χ0) is 27.9. The Hall–Kier alpha value is -3.85. The number of anilines is 1.